The molecule has 2 aliphatic heterocycles. The molecule has 1 amide bonds. The molecule has 2 aromatic carbocycles. The summed E-state index contributed by atoms with van der Waals surface area (Å²) in [7, 11) is 0. The standard InChI is InChI=1S/C25H27N5O2/c31-22(18-6-2-1-3-7-18)16-26-23-15-24(28-17-27-23)29-12-10-20(11-13-29)30-21-9-5-4-8-19(21)14-25(30)32/h1-9,15,17,20,22,31H,10-14,16H2,(H,26,27,28)/t22-/m0/s1. The van der Waals surface area contributed by atoms with Gasteiger partial charge >= 0.3 is 0 Å². The van der Waals surface area contributed by atoms with Gasteiger partial charge < -0.3 is 20.2 Å². The molecule has 7 heteroatoms. The molecular weight excluding hydrogens is 402 g/mol. The average molecular weight is 430 g/mol. The zero-order valence-corrected chi connectivity index (χ0v) is 17.9. The number of aliphatic hydroxyl groups excluding tert-OH is 1. The Labute approximate surface area is 187 Å². The topological polar surface area (TPSA) is 81.6 Å². The number of fused-ring (bicyclic) bond motifs is 1. The summed E-state index contributed by atoms with van der Waals surface area (Å²) >= 11 is 0. The van der Waals surface area contributed by atoms with Gasteiger partial charge in [-0.3, -0.25) is 4.79 Å². The highest BCUT2D eigenvalue weighted by Gasteiger charge is 2.34. The highest BCUT2D eigenvalue weighted by Crippen LogP contribution is 2.33. The van der Waals surface area contributed by atoms with Crippen molar-refractivity contribution in [2.45, 2.75) is 31.4 Å². The van der Waals surface area contributed by atoms with Crippen LogP contribution in [0, 0.1) is 0 Å². The van der Waals surface area contributed by atoms with Crippen LogP contribution in [-0.4, -0.2) is 46.7 Å². The number of nitrogens with one attached hydrogen (secondary N) is 1. The summed E-state index contributed by atoms with van der Waals surface area (Å²) in [4.78, 5) is 25.6. The van der Waals surface area contributed by atoms with Crippen molar-refractivity contribution in [2.75, 3.05) is 34.8 Å². The number of hydrogen-bond donors (Lipinski definition) is 2. The number of carbonyl (C=O) groups is 1. The number of nitrogens with zero attached hydrogens (tertiary/aromatic N) is 4. The van der Waals surface area contributed by atoms with Crippen LogP contribution in [0.1, 0.15) is 30.1 Å². The van der Waals surface area contributed by atoms with Gasteiger partial charge in [-0.25, -0.2) is 9.97 Å². The van der Waals surface area contributed by atoms with Crippen molar-refractivity contribution in [1.29, 1.82) is 0 Å². The Morgan fingerprint density at radius 3 is 2.59 bits per heavy atom. The van der Waals surface area contributed by atoms with Crippen molar-refractivity contribution in [3.05, 3.63) is 78.1 Å². The van der Waals surface area contributed by atoms with Crippen LogP contribution in [-0.2, 0) is 11.2 Å². The Morgan fingerprint density at radius 1 is 1.03 bits per heavy atom. The number of piperidine rings is 1. The molecule has 0 aliphatic carbocycles. The van der Waals surface area contributed by atoms with Crippen LogP contribution >= 0.6 is 0 Å². The van der Waals surface area contributed by atoms with Gasteiger partial charge in [0, 0.05) is 37.4 Å². The SMILES string of the molecule is O=C1Cc2ccccc2N1C1CCN(c2cc(NC[C@H](O)c3ccccc3)ncn2)CC1. The molecule has 3 heterocycles. The molecule has 0 saturated carbocycles. The zero-order chi connectivity index (χ0) is 21.9. The van der Waals surface area contributed by atoms with E-state index in [0.717, 1.165) is 48.6 Å². The number of rotatable bonds is 6. The fourth-order valence-electron chi connectivity index (χ4n) is 4.64. The molecule has 1 aromatic heterocycles. The summed E-state index contributed by atoms with van der Waals surface area (Å²) in [5.74, 6) is 1.76. The lowest BCUT2D eigenvalue weighted by atomic mass is 10.0. The lowest BCUT2D eigenvalue weighted by Crippen LogP contribution is -2.46. The Hall–Kier alpha value is -3.45. The maximum atomic E-state index is 12.6. The van der Waals surface area contributed by atoms with E-state index in [2.05, 4.69) is 26.3 Å². The summed E-state index contributed by atoms with van der Waals surface area (Å²) in [6.45, 7) is 2.04. The molecule has 0 spiro atoms. The molecule has 3 aromatic rings. The summed E-state index contributed by atoms with van der Waals surface area (Å²) < 4.78 is 0. The highest BCUT2D eigenvalue weighted by atomic mass is 16.3. The van der Waals surface area contributed by atoms with Crippen LogP contribution in [0.15, 0.2) is 67.0 Å². The van der Waals surface area contributed by atoms with E-state index in [1.54, 1.807) is 6.33 Å². The largest absolute Gasteiger partial charge is 0.387 e. The fourth-order valence-corrected chi connectivity index (χ4v) is 4.64. The van der Waals surface area contributed by atoms with Gasteiger partial charge in [-0.05, 0) is 30.0 Å². The second-order valence-corrected chi connectivity index (χ2v) is 8.36. The second kappa shape index (κ2) is 8.96. The first-order chi connectivity index (χ1) is 15.7. The molecule has 5 rings (SSSR count). The lowest BCUT2D eigenvalue weighted by Gasteiger charge is -2.37. The molecule has 0 unspecified atom stereocenters. The van der Waals surface area contributed by atoms with Crippen LogP contribution in [0.3, 0.4) is 0 Å². The minimum Gasteiger partial charge on any atom is -0.387 e. The van der Waals surface area contributed by atoms with Gasteiger partial charge in [-0.15, -0.1) is 0 Å². The van der Waals surface area contributed by atoms with Gasteiger partial charge in [0.05, 0.1) is 12.5 Å². The predicted molar refractivity (Wildman–Crippen MR) is 125 cm³/mol. The summed E-state index contributed by atoms with van der Waals surface area (Å²) in [5, 5.41) is 13.6. The number of carbonyl (C=O) groups excluding carboxylic acids is 1. The Morgan fingerprint density at radius 2 is 1.78 bits per heavy atom. The normalized spacial score (nSPS) is 17.3. The van der Waals surface area contributed by atoms with Crippen molar-refractivity contribution in [1.82, 2.24) is 9.97 Å². The average Bonchev–Trinajstić information content (AvgIpc) is 3.19. The van der Waals surface area contributed by atoms with E-state index in [1.165, 1.54) is 0 Å². The second-order valence-electron chi connectivity index (χ2n) is 8.36. The van der Waals surface area contributed by atoms with Crippen molar-refractivity contribution < 1.29 is 9.90 Å². The molecule has 1 saturated heterocycles. The number of aromatic nitrogens is 2. The van der Waals surface area contributed by atoms with E-state index < -0.39 is 6.10 Å². The predicted octanol–water partition coefficient (Wildman–Crippen LogP) is 3.18. The molecule has 0 bridgehead atoms. The van der Waals surface area contributed by atoms with Gasteiger partial charge in [0.2, 0.25) is 5.91 Å². The molecule has 1 atom stereocenters. The van der Waals surface area contributed by atoms with E-state index >= 15 is 0 Å². The van der Waals surface area contributed by atoms with E-state index in [4.69, 9.17) is 0 Å². The van der Waals surface area contributed by atoms with E-state index in [-0.39, 0.29) is 11.9 Å². The number of aliphatic hydroxyl groups is 1. The summed E-state index contributed by atoms with van der Waals surface area (Å²) in [6, 6.07) is 19.8. The summed E-state index contributed by atoms with van der Waals surface area (Å²) in [5.41, 5.74) is 3.07. The van der Waals surface area contributed by atoms with E-state index in [1.807, 2.05) is 59.5 Å². The molecule has 2 N–H and O–H groups in total. The van der Waals surface area contributed by atoms with Crippen molar-refractivity contribution >= 4 is 23.2 Å². The van der Waals surface area contributed by atoms with Crippen molar-refractivity contribution in [3.63, 3.8) is 0 Å². The van der Waals surface area contributed by atoms with Crippen LogP contribution in [0.25, 0.3) is 0 Å². The molecule has 32 heavy (non-hydrogen) atoms. The first-order valence-corrected chi connectivity index (χ1v) is 11.1. The quantitative estimate of drug-likeness (QED) is 0.626. The number of anilines is 3. The molecular formula is C25H27N5O2. The van der Waals surface area contributed by atoms with Gasteiger partial charge in [0.1, 0.15) is 18.0 Å². The highest BCUT2D eigenvalue weighted by molar-refractivity contribution is 6.01. The lowest BCUT2D eigenvalue weighted by molar-refractivity contribution is -0.117. The van der Waals surface area contributed by atoms with Crippen LogP contribution in [0.4, 0.5) is 17.3 Å². The van der Waals surface area contributed by atoms with Crippen LogP contribution in [0.5, 0.6) is 0 Å². The maximum Gasteiger partial charge on any atom is 0.231 e. The third kappa shape index (κ3) is 4.16. The summed E-state index contributed by atoms with van der Waals surface area (Å²) in [6.07, 6.45) is 3.26. The maximum absolute atomic E-state index is 12.6. The van der Waals surface area contributed by atoms with E-state index in [0.29, 0.717) is 18.8 Å². The van der Waals surface area contributed by atoms with Crippen molar-refractivity contribution in [3.8, 4) is 0 Å². The monoisotopic (exact) mass is 429 g/mol. The smallest absolute Gasteiger partial charge is 0.231 e. The first-order valence-electron chi connectivity index (χ1n) is 11.1. The number of amides is 1. The van der Waals surface area contributed by atoms with E-state index in [9.17, 15) is 9.90 Å². The molecule has 1 fully saturated rings. The fraction of sp³-hybridized carbons (Fsp3) is 0.320. The minimum absolute atomic E-state index is 0.204. The number of hydrogen-bond acceptors (Lipinski definition) is 6. The minimum atomic E-state index is -0.605. The third-order valence-electron chi connectivity index (χ3n) is 6.33. The first kappa shape index (κ1) is 20.5. The van der Waals surface area contributed by atoms with Crippen LogP contribution in [0.2, 0.25) is 0 Å². The number of para-hydroxylation sites is 1. The Balaban J connectivity index is 1.20. The Bertz CT molecular complexity index is 1080. The Kier molecular flexibility index (Phi) is 5.73. The molecule has 0 radical (unpaired) electrons. The van der Waals surface area contributed by atoms with Gasteiger partial charge in [0.15, 0.2) is 0 Å². The van der Waals surface area contributed by atoms with Gasteiger partial charge in [0.25, 0.3) is 0 Å². The molecule has 2 aliphatic rings. The zero-order valence-electron chi connectivity index (χ0n) is 17.9. The van der Waals surface area contributed by atoms with Crippen molar-refractivity contribution in [2.24, 2.45) is 0 Å². The molecule has 164 valence electrons. The third-order valence-corrected chi connectivity index (χ3v) is 6.33. The molecule has 7 nitrogen and oxygen atoms in total. The number of benzene rings is 2. The van der Waals surface area contributed by atoms with Crippen LogP contribution < -0.4 is 15.1 Å². The van der Waals surface area contributed by atoms with Gasteiger partial charge in [-0.2, -0.15) is 0 Å². The van der Waals surface area contributed by atoms with Gasteiger partial charge in [-0.1, -0.05) is 48.5 Å².